The molecule has 29 heavy (non-hydrogen) atoms. The summed E-state index contributed by atoms with van der Waals surface area (Å²) in [5, 5.41) is 2.97. The average Bonchev–Trinajstić information content (AvgIpc) is 2.76. The zero-order valence-electron chi connectivity index (χ0n) is 16.8. The minimum Gasteiger partial charge on any atom is -0.486 e. The number of fused-ring (bicyclic) bond motifs is 2. The molecule has 5 nitrogen and oxygen atoms in total. The Bertz CT molecular complexity index is 921. The van der Waals surface area contributed by atoms with E-state index in [1.54, 1.807) is 0 Å². The maximum absolute atomic E-state index is 12.5. The van der Waals surface area contributed by atoms with E-state index in [1.807, 2.05) is 37.3 Å². The molecule has 0 spiro atoms. The maximum Gasteiger partial charge on any atom is 0.220 e. The lowest BCUT2D eigenvalue weighted by Gasteiger charge is -2.21. The summed E-state index contributed by atoms with van der Waals surface area (Å²) in [6.45, 7) is 3.01. The van der Waals surface area contributed by atoms with Crippen molar-refractivity contribution in [1.82, 2.24) is 5.32 Å². The lowest BCUT2D eigenvalue weighted by atomic mass is 9.89. The Balaban J connectivity index is 1.31. The van der Waals surface area contributed by atoms with Gasteiger partial charge in [-0.25, -0.2) is 0 Å². The Morgan fingerprint density at radius 2 is 1.69 bits per heavy atom. The zero-order valence-corrected chi connectivity index (χ0v) is 16.8. The predicted molar refractivity (Wildman–Crippen MR) is 111 cm³/mol. The molecule has 4 rings (SSSR count). The van der Waals surface area contributed by atoms with Crippen LogP contribution in [-0.2, 0) is 17.6 Å². The number of ether oxygens (including phenoxy) is 2. The van der Waals surface area contributed by atoms with Crippen molar-refractivity contribution in [3.63, 3.8) is 0 Å². The molecule has 2 aromatic carbocycles. The van der Waals surface area contributed by atoms with Gasteiger partial charge in [-0.15, -0.1) is 0 Å². The second-order valence-corrected chi connectivity index (χ2v) is 7.81. The molecule has 1 aliphatic heterocycles. The van der Waals surface area contributed by atoms with Gasteiger partial charge in [-0.3, -0.25) is 9.59 Å². The van der Waals surface area contributed by atoms with Crippen LogP contribution in [0.5, 0.6) is 11.5 Å². The molecule has 5 heteroatoms. The van der Waals surface area contributed by atoms with Crippen LogP contribution in [0.3, 0.4) is 0 Å². The van der Waals surface area contributed by atoms with Crippen LogP contribution in [0.1, 0.15) is 65.7 Å². The highest BCUT2D eigenvalue weighted by Gasteiger charge is 2.17. The molecule has 0 saturated carbocycles. The van der Waals surface area contributed by atoms with Crippen LogP contribution in [-0.4, -0.2) is 24.9 Å². The number of carbonyl (C=O) groups excluding carboxylic acids is 2. The number of Topliss-reactive ketones (excluding diaryl/α,β-unsaturated/α-hetero) is 1. The summed E-state index contributed by atoms with van der Waals surface area (Å²) in [6.07, 6.45) is 4.96. The third-order valence-electron chi connectivity index (χ3n) is 5.69. The highest BCUT2D eigenvalue weighted by atomic mass is 16.6. The maximum atomic E-state index is 12.5. The summed E-state index contributed by atoms with van der Waals surface area (Å²) in [4.78, 5) is 24.9. The smallest absolute Gasteiger partial charge is 0.220 e. The molecule has 1 N–H and O–H groups in total. The first-order chi connectivity index (χ1) is 14.1. The van der Waals surface area contributed by atoms with E-state index < -0.39 is 0 Å². The number of amides is 1. The quantitative estimate of drug-likeness (QED) is 0.748. The number of aryl methyl sites for hydroxylation is 2. The third kappa shape index (κ3) is 4.61. The number of hydrogen-bond acceptors (Lipinski definition) is 4. The average molecular weight is 393 g/mol. The second-order valence-electron chi connectivity index (χ2n) is 7.81. The lowest BCUT2D eigenvalue weighted by Crippen LogP contribution is -2.27. The van der Waals surface area contributed by atoms with E-state index in [-0.39, 0.29) is 30.6 Å². The minimum atomic E-state index is -0.169. The van der Waals surface area contributed by atoms with Gasteiger partial charge < -0.3 is 14.8 Å². The fourth-order valence-corrected chi connectivity index (χ4v) is 4.00. The molecular weight excluding hydrogens is 366 g/mol. The van der Waals surface area contributed by atoms with E-state index in [2.05, 4.69) is 11.4 Å². The molecular formula is C24H27NO4. The van der Waals surface area contributed by atoms with Crippen molar-refractivity contribution in [3.05, 3.63) is 58.7 Å². The minimum absolute atomic E-state index is 0.0282. The van der Waals surface area contributed by atoms with E-state index in [1.165, 1.54) is 24.0 Å². The van der Waals surface area contributed by atoms with Crippen molar-refractivity contribution in [2.45, 2.75) is 51.5 Å². The molecule has 1 aliphatic carbocycles. The molecule has 0 saturated heterocycles. The number of ketones is 1. The van der Waals surface area contributed by atoms with Crippen LogP contribution < -0.4 is 14.8 Å². The third-order valence-corrected chi connectivity index (χ3v) is 5.69. The summed E-state index contributed by atoms with van der Waals surface area (Å²) >= 11 is 0. The predicted octanol–water partition coefficient (Wildman–Crippen LogP) is 4.18. The van der Waals surface area contributed by atoms with Crippen molar-refractivity contribution in [2.24, 2.45) is 0 Å². The molecule has 2 aromatic rings. The fourth-order valence-electron chi connectivity index (χ4n) is 4.00. The van der Waals surface area contributed by atoms with Crippen molar-refractivity contribution in [3.8, 4) is 11.5 Å². The van der Waals surface area contributed by atoms with Gasteiger partial charge in [0.15, 0.2) is 17.3 Å². The first-order valence-electron chi connectivity index (χ1n) is 10.4. The summed E-state index contributed by atoms with van der Waals surface area (Å²) in [7, 11) is 0. The molecule has 2 aliphatic rings. The molecule has 0 unspecified atom stereocenters. The summed E-state index contributed by atoms with van der Waals surface area (Å²) in [5.74, 6) is 1.34. The van der Waals surface area contributed by atoms with Gasteiger partial charge in [-0.1, -0.05) is 18.2 Å². The first-order valence-corrected chi connectivity index (χ1v) is 10.4. The van der Waals surface area contributed by atoms with Crippen molar-refractivity contribution >= 4 is 11.7 Å². The van der Waals surface area contributed by atoms with Gasteiger partial charge in [0.2, 0.25) is 5.91 Å². The number of hydrogen-bond donors (Lipinski definition) is 1. The summed E-state index contributed by atoms with van der Waals surface area (Å²) in [6, 6.07) is 11.5. The van der Waals surface area contributed by atoms with Gasteiger partial charge in [-0.2, -0.15) is 0 Å². The zero-order chi connectivity index (χ0) is 20.2. The van der Waals surface area contributed by atoms with Gasteiger partial charge in [0, 0.05) is 18.4 Å². The molecule has 1 atom stereocenters. The largest absolute Gasteiger partial charge is 0.486 e. The highest BCUT2D eigenvalue weighted by molar-refractivity contribution is 5.98. The number of rotatable bonds is 6. The van der Waals surface area contributed by atoms with Crippen LogP contribution in [0.2, 0.25) is 0 Å². The van der Waals surface area contributed by atoms with E-state index in [4.69, 9.17) is 9.47 Å². The Kier molecular flexibility index (Phi) is 5.84. The Hall–Kier alpha value is -2.82. The standard InChI is InChI=1S/C24H27NO4/c1-16(18-8-10-22-23(15-18)29-13-12-28-22)25-24(27)11-9-21(26)20-7-6-17-4-2-3-5-19(17)14-20/h6-8,10,14-16H,2-5,9,11-13H2,1H3,(H,25,27)/t16-/m0/s1. The highest BCUT2D eigenvalue weighted by Crippen LogP contribution is 2.32. The Labute approximate surface area is 171 Å². The SMILES string of the molecule is C[C@H](NC(=O)CCC(=O)c1ccc2c(c1)CCCC2)c1ccc2c(c1)OCCO2. The van der Waals surface area contributed by atoms with E-state index in [0.29, 0.717) is 19.0 Å². The molecule has 1 amide bonds. The Morgan fingerprint density at radius 3 is 2.52 bits per heavy atom. The van der Waals surface area contributed by atoms with Gasteiger partial charge >= 0.3 is 0 Å². The monoisotopic (exact) mass is 393 g/mol. The van der Waals surface area contributed by atoms with Crippen molar-refractivity contribution in [2.75, 3.05) is 13.2 Å². The first kappa shape index (κ1) is 19.5. The normalized spacial score (nSPS) is 15.9. The second kappa shape index (κ2) is 8.68. The lowest BCUT2D eigenvalue weighted by molar-refractivity contribution is -0.121. The molecule has 0 radical (unpaired) electrons. The van der Waals surface area contributed by atoms with Crippen molar-refractivity contribution < 1.29 is 19.1 Å². The number of nitrogens with one attached hydrogen (secondary N) is 1. The van der Waals surface area contributed by atoms with E-state index in [9.17, 15) is 9.59 Å². The van der Waals surface area contributed by atoms with Crippen LogP contribution in [0.4, 0.5) is 0 Å². The van der Waals surface area contributed by atoms with Crippen LogP contribution in [0, 0.1) is 0 Å². The molecule has 152 valence electrons. The van der Waals surface area contributed by atoms with Crippen molar-refractivity contribution in [1.29, 1.82) is 0 Å². The molecule has 0 aromatic heterocycles. The van der Waals surface area contributed by atoms with E-state index >= 15 is 0 Å². The molecule has 0 fully saturated rings. The summed E-state index contributed by atoms with van der Waals surface area (Å²) < 4.78 is 11.1. The van der Waals surface area contributed by atoms with Gasteiger partial charge in [0.05, 0.1) is 6.04 Å². The summed E-state index contributed by atoms with van der Waals surface area (Å²) in [5.41, 5.74) is 4.32. The van der Waals surface area contributed by atoms with Gasteiger partial charge in [-0.05, 0) is 67.5 Å². The van der Waals surface area contributed by atoms with E-state index in [0.717, 1.165) is 29.7 Å². The number of benzene rings is 2. The fraction of sp³-hybridized carbons (Fsp3) is 0.417. The Morgan fingerprint density at radius 1 is 0.931 bits per heavy atom. The van der Waals surface area contributed by atoms with Gasteiger partial charge in [0.25, 0.3) is 0 Å². The van der Waals surface area contributed by atoms with Gasteiger partial charge in [0.1, 0.15) is 13.2 Å². The molecule has 0 bridgehead atoms. The van der Waals surface area contributed by atoms with Crippen LogP contribution in [0.25, 0.3) is 0 Å². The van der Waals surface area contributed by atoms with Crippen LogP contribution in [0.15, 0.2) is 36.4 Å². The van der Waals surface area contributed by atoms with Crippen LogP contribution >= 0.6 is 0 Å². The topological polar surface area (TPSA) is 64.6 Å². The molecule has 1 heterocycles. The number of carbonyl (C=O) groups is 2.